The van der Waals surface area contributed by atoms with E-state index in [0.717, 1.165) is 57.8 Å². The number of rotatable bonds is 40. The molecule has 0 rings (SSSR count). The van der Waals surface area contributed by atoms with Gasteiger partial charge >= 0.3 is 41.5 Å². The van der Waals surface area contributed by atoms with E-state index in [1.165, 1.54) is 96.3 Å². The number of aliphatic hydroxyl groups is 2. The molecule has 0 saturated carbocycles. The van der Waals surface area contributed by atoms with E-state index in [1.54, 1.807) is 0 Å². The van der Waals surface area contributed by atoms with Crippen LogP contribution in [-0.4, -0.2) is 60.8 Å². The minimum absolute atomic E-state index is 0. The zero-order valence-corrected chi connectivity index (χ0v) is 37.1. The SMILES string of the molecule is CCCCCCCC/C=C/CCCCCCCC(=O)O[C@H](COC(=O)CCCCCCCCCCCCCCC)COP(=O)([O-])OCC(O)CCO.[Na+]. The second kappa shape index (κ2) is 41.3. The Morgan fingerprint density at radius 1 is 0.604 bits per heavy atom. The van der Waals surface area contributed by atoms with Gasteiger partial charge in [0.15, 0.2) is 6.10 Å². The van der Waals surface area contributed by atoms with Crippen molar-refractivity contribution in [2.45, 2.75) is 212 Å². The summed E-state index contributed by atoms with van der Waals surface area (Å²) in [5, 5.41) is 18.5. The van der Waals surface area contributed by atoms with E-state index >= 15 is 0 Å². The first-order valence-electron chi connectivity index (χ1n) is 21.1. The van der Waals surface area contributed by atoms with E-state index < -0.39 is 45.2 Å². The average molecular weight is 785 g/mol. The molecule has 12 heteroatoms. The smallest absolute Gasteiger partial charge is 0.756 e. The molecule has 2 N–H and O–H groups in total. The van der Waals surface area contributed by atoms with Crippen molar-refractivity contribution in [1.29, 1.82) is 0 Å². The van der Waals surface area contributed by atoms with Crippen LogP contribution in [0.1, 0.15) is 200 Å². The summed E-state index contributed by atoms with van der Waals surface area (Å²) in [6.07, 6.45) is 33.1. The third-order valence-electron chi connectivity index (χ3n) is 9.16. The first-order chi connectivity index (χ1) is 25.2. The van der Waals surface area contributed by atoms with Crippen LogP contribution >= 0.6 is 7.82 Å². The summed E-state index contributed by atoms with van der Waals surface area (Å²) in [6, 6.07) is 0. The molecule has 3 atom stereocenters. The van der Waals surface area contributed by atoms with Crippen LogP contribution < -0.4 is 34.5 Å². The zero-order chi connectivity index (χ0) is 38.4. The second-order valence-corrected chi connectivity index (χ2v) is 15.7. The number of carbonyl (C=O) groups is 2. The fourth-order valence-electron chi connectivity index (χ4n) is 5.87. The first kappa shape index (κ1) is 54.8. The summed E-state index contributed by atoms with van der Waals surface area (Å²) in [4.78, 5) is 37.2. The van der Waals surface area contributed by atoms with Gasteiger partial charge in [-0.1, -0.05) is 154 Å². The molecule has 0 aliphatic carbocycles. The molecule has 0 aliphatic heterocycles. The standard InChI is InChI=1S/C41H79O10P.Na/c1-3-5-7-9-11-13-15-17-18-20-22-24-26-28-30-32-41(45)51-39(37-50-52(46,47)49-35-38(43)33-34-42)36-48-40(44)31-29-27-25-23-21-19-16-14-12-10-8-6-4-2;/h17-18,38-39,42-43H,3-16,19-37H2,1-2H3,(H,46,47);/q;+1/p-1/b18-17+;/t38?,39-;/m1./s1. The van der Waals surface area contributed by atoms with E-state index in [-0.39, 0.29) is 62.0 Å². The predicted molar refractivity (Wildman–Crippen MR) is 208 cm³/mol. The number of esters is 2. The fourth-order valence-corrected chi connectivity index (χ4v) is 6.65. The quantitative estimate of drug-likeness (QED) is 0.0215. The van der Waals surface area contributed by atoms with Gasteiger partial charge in [0.05, 0.1) is 19.3 Å². The molecule has 0 aromatic heterocycles. The largest absolute Gasteiger partial charge is 1.00 e. The number of phosphoric acid groups is 1. The van der Waals surface area contributed by atoms with Gasteiger partial charge in [-0.2, -0.15) is 0 Å². The molecule has 10 nitrogen and oxygen atoms in total. The van der Waals surface area contributed by atoms with Crippen molar-refractivity contribution in [1.82, 2.24) is 0 Å². The van der Waals surface area contributed by atoms with Crippen molar-refractivity contribution in [3.63, 3.8) is 0 Å². The van der Waals surface area contributed by atoms with Crippen LogP contribution in [0.2, 0.25) is 0 Å². The third kappa shape index (κ3) is 41.2. The molecule has 0 aliphatic rings. The van der Waals surface area contributed by atoms with Gasteiger partial charge < -0.3 is 33.6 Å². The summed E-state index contributed by atoms with van der Waals surface area (Å²) < 4.78 is 32.6. The number of hydrogen-bond acceptors (Lipinski definition) is 10. The van der Waals surface area contributed by atoms with Gasteiger partial charge in [0.25, 0.3) is 7.82 Å². The Kier molecular flexibility index (Phi) is 42.8. The van der Waals surface area contributed by atoms with Gasteiger partial charge in [-0.05, 0) is 44.9 Å². The van der Waals surface area contributed by atoms with E-state index in [2.05, 4.69) is 30.5 Å². The topological polar surface area (TPSA) is 152 Å². The summed E-state index contributed by atoms with van der Waals surface area (Å²) in [6.45, 7) is 2.66. The molecule has 0 bridgehead atoms. The van der Waals surface area contributed by atoms with Crippen LogP contribution in [0.4, 0.5) is 0 Å². The number of unbranched alkanes of at least 4 members (excludes halogenated alkanes) is 23. The molecule has 0 aromatic rings. The Morgan fingerprint density at radius 3 is 1.45 bits per heavy atom. The van der Waals surface area contributed by atoms with Crippen molar-refractivity contribution < 1.29 is 77.3 Å². The summed E-state index contributed by atoms with van der Waals surface area (Å²) in [5.41, 5.74) is 0. The van der Waals surface area contributed by atoms with E-state index in [4.69, 9.17) is 19.1 Å². The van der Waals surface area contributed by atoms with Crippen molar-refractivity contribution in [3.8, 4) is 0 Å². The van der Waals surface area contributed by atoms with Crippen molar-refractivity contribution >= 4 is 19.8 Å². The van der Waals surface area contributed by atoms with Gasteiger partial charge in [-0.3, -0.25) is 14.2 Å². The summed E-state index contributed by atoms with van der Waals surface area (Å²) in [7, 11) is -4.84. The molecule has 0 heterocycles. The van der Waals surface area contributed by atoms with E-state index in [9.17, 15) is 24.2 Å². The Balaban J connectivity index is 0. The summed E-state index contributed by atoms with van der Waals surface area (Å²) >= 11 is 0. The van der Waals surface area contributed by atoms with Crippen molar-refractivity contribution in [3.05, 3.63) is 12.2 Å². The van der Waals surface area contributed by atoms with Crippen molar-refractivity contribution in [2.24, 2.45) is 0 Å². The number of allylic oxidation sites excluding steroid dienone is 2. The Morgan fingerprint density at radius 2 is 1.00 bits per heavy atom. The molecular weight excluding hydrogens is 706 g/mol. The minimum Gasteiger partial charge on any atom is -0.756 e. The van der Waals surface area contributed by atoms with Crippen LogP contribution in [0.25, 0.3) is 0 Å². The molecule has 0 fully saturated rings. The van der Waals surface area contributed by atoms with Gasteiger partial charge in [-0.15, -0.1) is 0 Å². The monoisotopic (exact) mass is 785 g/mol. The summed E-state index contributed by atoms with van der Waals surface area (Å²) in [5.74, 6) is -0.950. The molecular formula is C41H78NaO10P. The molecule has 53 heavy (non-hydrogen) atoms. The van der Waals surface area contributed by atoms with E-state index in [1.807, 2.05) is 0 Å². The number of hydrogen-bond donors (Lipinski definition) is 2. The molecule has 0 saturated heterocycles. The maximum absolute atomic E-state index is 12.6. The van der Waals surface area contributed by atoms with Crippen LogP contribution in [0.5, 0.6) is 0 Å². The van der Waals surface area contributed by atoms with Gasteiger partial charge in [0, 0.05) is 19.4 Å². The molecule has 0 spiro atoms. The number of aliphatic hydroxyl groups excluding tert-OH is 2. The van der Waals surface area contributed by atoms with E-state index in [0.29, 0.717) is 12.8 Å². The Hall–Kier alpha value is -0.290. The van der Waals surface area contributed by atoms with Crippen LogP contribution in [0.15, 0.2) is 12.2 Å². The van der Waals surface area contributed by atoms with Crippen molar-refractivity contribution in [2.75, 3.05) is 26.4 Å². The molecule has 0 aromatic carbocycles. The van der Waals surface area contributed by atoms with Gasteiger partial charge in [-0.25, -0.2) is 0 Å². The van der Waals surface area contributed by atoms with Crippen LogP contribution in [-0.2, 0) is 32.7 Å². The molecule has 0 amide bonds. The first-order valence-corrected chi connectivity index (χ1v) is 22.6. The fraction of sp³-hybridized carbons (Fsp3) is 0.902. The maximum atomic E-state index is 12.6. The number of ether oxygens (including phenoxy) is 2. The zero-order valence-electron chi connectivity index (χ0n) is 34.3. The maximum Gasteiger partial charge on any atom is 1.00 e. The third-order valence-corrected chi connectivity index (χ3v) is 10.1. The average Bonchev–Trinajstić information content (AvgIpc) is 3.12. The Labute approximate surface area is 346 Å². The predicted octanol–water partition coefficient (Wildman–Crippen LogP) is 7.21. The van der Waals surface area contributed by atoms with Crippen LogP contribution in [0.3, 0.4) is 0 Å². The van der Waals surface area contributed by atoms with Crippen LogP contribution in [0, 0.1) is 0 Å². The minimum atomic E-state index is -4.84. The molecule has 0 radical (unpaired) electrons. The van der Waals surface area contributed by atoms with Gasteiger partial charge in [0.2, 0.25) is 0 Å². The number of carbonyl (C=O) groups excluding carboxylic acids is 2. The van der Waals surface area contributed by atoms with Gasteiger partial charge in [0.1, 0.15) is 6.61 Å². The normalized spacial score (nSPS) is 13.8. The molecule has 308 valence electrons. The molecule has 2 unspecified atom stereocenters. The second-order valence-electron chi connectivity index (χ2n) is 14.3. The Bertz CT molecular complexity index is 891. The number of phosphoric ester groups is 1.